The number of carboxylic acid groups (broad SMARTS) is 1. The highest BCUT2D eigenvalue weighted by Gasteiger charge is 2.41. The molecule has 1 aliphatic rings. The smallest absolute Gasteiger partial charge is 0.331 e. The highest BCUT2D eigenvalue weighted by atomic mass is 32.2. The summed E-state index contributed by atoms with van der Waals surface area (Å²) >= 11 is 1.41. The number of ketones is 1. The number of H-pyrrole nitrogens is 1. The molecule has 22 nitrogen and oxygen atoms in total. The molecule has 7 unspecified atom stereocenters. The summed E-state index contributed by atoms with van der Waals surface area (Å²) < 4.78 is 6.61. The minimum atomic E-state index is -1.98. The first-order chi connectivity index (χ1) is 29.8. The number of aliphatic hydroxyl groups excluding tert-OH is 1. The lowest BCUT2D eigenvalue weighted by Gasteiger charge is -2.36. The number of phenols is 2. The van der Waals surface area contributed by atoms with Crippen LogP contribution in [0.25, 0.3) is 0 Å². The quantitative estimate of drug-likeness (QED) is 0.0597. The summed E-state index contributed by atoms with van der Waals surface area (Å²) in [5, 5.41) is 45.8. The molecule has 340 valence electrons. The Bertz CT molecular complexity index is 2300. The number of Topliss-reactive ketones (excluding diaryl/α,β-unsaturated/α-hetero) is 1. The number of aliphatic hydroxyl groups is 1. The topological polar surface area (TPSA) is 356 Å². The average molecular weight is 898 g/mol. The number of carbonyl (C=O) groups is 6. The van der Waals surface area contributed by atoms with E-state index in [1.807, 2.05) is 4.98 Å². The van der Waals surface area contributed by atoms with Crippen molar-refractivity contribution in [3.05, 3.63) is 105 Å². The van der Waals surface area contributed by atoms with Gasteiger partial charge in [0.15, 0.2) is 5.78 Å². The van der Waals surface area contributed by atoms with Crippen LogP contribution in [0.4, 0.5) is 4.79 Å². The van der Waals surface area contributed by atoms with Gasteiger partial charge in [0.2, 0.25) is 18.0 Å². The molecular weight excluding hydrogens is 847 g/mol. The summed E-state index contributed by atoms with van der Waals surface area (Å²) in [6, 6.07) is 3.16. The molecule has 1 fully saturated rings. The molecule has 13 N–H and O–H groups in total. The number of aromatic amines is 1. The molecule has 1 saturated heterocycles. The van der Waals surface area contributed by atoms with E-state index >= 15 is 0 Å². The number of carbonyl (C=O) groups excluding carboxylic acids is 5. The number of hydrogen-bond donors (Lipinski definition) is 10. The highest BCUT2D eigenvalue weighted by molar-refractivity contribution is 7.98. The van der Waals surface area contributed by atoms with Gasteiger partial charge in [-0.3, -0.25) is 33.5 Å². The van der Waals surface area contributed by atoms with E-state index in [1.54, 1.807) is 12.3 Å². The maximum atomic E-state index is 14.7. The molecule has 23 heteroatoms. The normalized spacial score (nSPS) is 17.7. The summed E-state index contributed by atoms with van der Waals surface area (Å²) in [6.07, 6.45) is -0.795. The zero-order chi connectivity index (χ0) is 46.5. The zero-order valence-electron chi connectivity index (χ0n) is 34.3. The Labute approximate surface area is 364 Å². The Balaban J connectivity index is 1.78. The van der Waals surface area contributed by atoms with Gasteiger partial charge in [0.25, 0.3) is 11.5 Å². The molecule has 63 heavy (non-hydrogen) atoms. The predicted molar refractivity (Wildman–Crippen MR) is 227 cm³/mol. The summed E-state index contributed by atoms with van der Waals surface area (Å²) in [7, 11) is 1.20. The molecule has 0 radical (unpaired) electrons. The minimum Gasteiger partial charge on any atom is -0.508 e. The number of ether oxygens (including phenoxy) is 1. The summed E-state index contributed by atoms with van der Waals surface area (Å²) in [5.41, 5.74) is 17.4. The first-order valence-corrected chi connectivity index (χ1v) is 20.8. The van der Waals surface area contributed by atoms with Crippen molar-refractivity contribution in [2.45, 2.75) is 74.6 Å². The Morgan fingerprint density at radius 3 is 2.14 bits per heavy atom. The lowest BCUT2D eigenvalue weighted by atomic mass is 9.95. The number of carboxylic acids is 1. The minimum absolute atomic E-state index is 0.136. The van der Waals surface area contributed by atoms with Crippen LogP contribution in [0.1, 0.15) is 36.6 Å². The van der Waals surface area contributed by atoms with Gasteiger partial charge in [0.05, 0.1) is 24.8 Å². The second-order valence-corrected chi connectivity index (χ2v) is 15.6. The molecule has 2 heterocycles. The van der Waals surface area contributed by atoms with Crippen LogP contribution in [0, 0.1) is 0 Å². The first kappa shape index (κ1) is 49.1. The van der Waals surface area contributed by atoms with Crippen LogP contribution in [-0.2, 0) is 41.6 Å². The standard InChI is InChI=1S/C40H51N9O13S/c1-47(35(56)27(44-33(55)19-41)15-21-5-3-7-23(50)13-21)29(18-30(52)26(42)10-12-63-2)34(43)36(57)49(39(60)45-28(38(58)59)16-22-6-4-8-24(51)14-22)20-25-17-31(53)37(62-25)48-11-9-32(54)46-40(48)61/h3-9,11,13-14,20,26-29,31,34,37,50-51,53H,10,12,15-19,41-43H2,1-2H3,(H,44,55)(H,45,60)(H,58,59)(H,46,54,61). The van der Waals surface area contributed by atoms with Crippen LogP contribution in [0.5, 0.6) is 11.5 Å². The van der Waals surface area contributed by atoms with E-state index in [4.69, 9.17) is 21.9 Å². The molecular formula is C40H51N9O13S. The third-order valence-corrected chi connectivity index (χ3v) is 10.6. The summed E-state index contributed by atoms with van der Waals surface area (Å²) in [5.74, 6) is -5.28. The van der Waals surface area contributed by atoms with Crippen molar-refractivity contribution in [2.24, 2.45) is 17.2 Å². The Morgan fingerprint density at radius 1 is 0.968 bits per heavy atom. The van der Waals surface area contributed by atoms with E-state index in [-0.39, 0.29) is 42.1 Å². The SMILES string of the molecule is CSCCC(N)C(=O)CC(C(N)C(=O)N(C=C1CC(O)C(n2ccc(=O)[nH]c2=O)O1)C(=O)NC(Cc1cccc(O)c1)C(=O)O)N(C)C(=O)C(Cc1cccc(O)c1)NC(=O)CN. The fourth-order valence-corrected chi connectivity index (χ4v) is 7.11. The molecule has 0 aliphatic carbocycles. The van der Waals surface area contributed by atoms with E-state index < -0.39 is 109 Å². The van der Waals surface area contributed by atoms with Crippen LogP contribution in [-0.4, -0.2) is 137 Å². The van der Waals surface area contributed by atoms with Gasteiger partial charge in [0.1, 0.15) is 41.5 Å². The number of likely N-dealkylation sites (N-methyl/N-ethyl adjacent to an activating group) is 1. The second-order valence-electron chi connectivity index (χ2n) is 14.6. The summed E-state index contributed by atoms with van der Waals surface area (Å²) in [6.45, 7) is -0.520. The van der Waals surface area contributed by atoms with E-state index in [2.05, 4.69) is 10.6 Å². The summed E-state index contributed by atoms with van der Waals surface area (Å²) in [4.78, 5) is 109. The average Bonchev–Trinajstić information content (AvgIpc) is 3.60. The number of aliphatic carboxylic acids is 1. The molecule has 0 spiro atoms. The van der Waals surface area contributed by atoms with Gasteiger partial charge >= 0.3 is 17.7 Å². The van der Waals surface area contributed by atoms with Gasteiger partial charge in [-0.25, -0.2) is 19.3 Å². The number of hydrogen-bond acceptors (Lipinski definition) is 16. The monoisotopic (exact) mass is 897 g/mol. The molecule has 3 aromatic rings. The van der Waals surface area contributed by atoms with Crippen LogP contribution < -0.4 is 39.1 Å². The van der Waals surface area contributed by atoms with Crippen molar-refractivity contribution < 1.29 is 53.9 Å². The van der Waals surface area contributed by atoms with Gasteiger partial charge in [-0.1, -0.05) is 24.3 Å². The maximum Gasteiger partial charge on any atom is 0.331 e. The van der Waals surface area contributed by atoms with Crippen LogP contribution in [0.3, 0.4) is 0 Å². The number of nitrogens with one attached hydrogen (secondary N) is 3. The molecule has 4 rings (SSSR count). The Hall–Kier alpha value is -6.53. The van der Waals surface area contributed by atoms with E-state index in [0.717, 1.165) is 27.9 Å². The van der Waals surface area contributed by atoms with Gasteiger partial charge in [-0.15, -0.1) is 0 Å². The molecule has 2 aromatic carbocycles. The lowest BCUT2D eigenvalue weighted by molar-refractivity contribution is -0.141. The van der Waals surface area contributed by atoms with E-state index in [0.29, 0.717) is 16.2 Å². The molecule has 1 aromatic heterocycles. The Morgan fingerprint density at radius 2 is 1.59 bits per heavy atom. The number of thioether (sulfide) groups is 1. The largest absolute Gasteiger partial charge is 0.508 e. The van der Waals surface area contributed by atoms with Crippen molar-refractivity contribution in [3.63, 3.8) is 0 Å². The maximum absolute atomic E-state index is 14.7. The number of benzene rings is 2. The molecule has 1 aliphatic heterocycles. The van der Waals surface area contributed by atoms with Gasteiger partial charge in [-0.05, 0) is 53.8 Å². The number of rotatable bonds is 20. The third-order valence-electron chi connectivity index (χ3n) is 9.98. The zero-order valence-corrected chi connectivity index (χ0v) is 35.1. The highest BCUT2D eigenvalue weighted by Crippen LogP contribution is 2.31. The van der Waals surface area contributed by atoms with Gasteiger partial charge in [-0.2, -0.15) is 11.8 Å². The van der Waals surface area contributed by atoms with Crippen LogP contribution >= 0.6 is 11.8 Å². The van der Waals surface area contributed by atoms with Crippen molar-refractivity contribution >= 4 is 47.3 Å². The van der Waals surface area contributed by atoms with Gasteiger partial charge < -0.3 is 57.9 Å². The van der Waals surface area contributed by atoms with E-state index in [1.165, 1.54) is 61.3 Å². The molecule has 5 amide bonds. The third kappa shape index (κ3) is 13.5. The fraction of sp³-hybridized carbons (Fsp3) is 0.400. The van der Waals surface area contributed by atoms with Crippen molar-refractivity contribution in [3.8, 4) is 11.5 Å². The number of imide groups is 1. The fourth-order valence-electron chi connectivity index (χ4n) is 6.62. The lowest BCUT2D eigenvalue weighted by Crippen LogP contribution is -2.62. The van der Waals surface area contributed by atoms with Crippen molar-refractivity contribution in [1.82, 2.24) is 30.0 Å². The number of aromatic hydroxyl groups is 2. The molecule has 0 saturated carbocycles. The number of urea groups is 1. The molecule has 0 bridgehead atoms. The number of phenolic OH excluding ortho intramolecular Hbond substituents is 2. The first-order valence-electron chi connectivity index (χ1n) is 19.4. The number of nitrogens with zero attached hydrogens (tertiary/aromatic N) is 3. The van der Waals surface area contributed by atoms with Crippen LogP contribution in [0.2, 0.25) is 0 Å². The second kappa shape index (κ2) is 22.5. The van der Waals surface area contributed by atoms with Gasteiger partial charge in [0, 0.05) is 45.0 Å². The number of amides is 5. The molecule has 7 atom stereocenters. The number of nitrogens with two attached hydrogens (primary N) is 3. The Kier molecular flexibility index (Phi) is 17.6. The van der Waals surface area contributed by atoms with Crippen molar-refractivity contribution in [2.75, 3.05) is 25.6 Å². The van der Waals surface area contributed by atoms with E-state index in [9.17, 15) is 58.8 Å². The predicted octanol–water partition coefficient (Wildman–Crippen LogP) is -1.82. The number of aromatic nitrogens is 2. The van der Waals surface area contributed by atoms with Crippen molar-refractivity contribution in [1.29, 1.82) is 0 Å². The van der Waals surface area contributed by atoms with Crippen LogP contribution in [0.15, 0.2) is 82.3 Å².